The van der Waals surface area contributed by atoms with Crippen LogP contribution in [0.3, 0.4) is 0 Å². The van der Waals surface area contributed by atoms with E-state index in [4.69, 9.17) is 4.74 Å². The Hall–Kier alpha value is -1.28. The fraction of sp³-hybridized carbons (Fsp3) is 0.167. The monoisotopic (exact) mass is 203 g/mol. The molecule has 2 rings (SSSR count). The molecule has 1 aromatic carbocycles. The Morgan fingerprint density at radius 3 is 2.71 bits per heavy atom. The molecule has 0 amide bonds. The second-order valence-electron chi connectivity index (χ2n) is 3.11. The number of ether oxygens (including phenoxy) is 1. The zero-order valence-electron chi connectivity index (χ0n) is 7.99. The summed E-state index contributed by atoms with van der Waals surface area (Å²) in [5, 5.41) is 1.94. The highest BCUT2D eigenvalue weighted by Crippen LogP contribution is 2.15. The van der Waals surface area contributed by atoms with Gasteiger partial charge >= 0.3 is 0 Å². The first-order valence-corrected chi connectivity index (χ1v) is 5.35. The minimum Gasteiger partial charge on any atom is -0.488 e. The Kier molecular flexibility index (Phi) is 2.84. The average Bonchev–Trinajstić information content (AvgIpc) is 2.70. The fourth-order valence-electron chi connectivity index (χ4n) is 1.14. The molecule has 2 heteroatoms. The summed E-state index contributed by atoms with van der Waals surface area (Å²) in [5.41, 5.74) is 1.25. The largest absolute Gasteiger partial charge is 0.488 e. The highest BCUT2D eigenvalue weighted by atomic mass is 32.1. The van der Waals surface area contributed by atoms with E-state index in [1.807, 2.05) is 23.6 Å². The first-order chi connectivity index (χ1) is 6.84. The standard InChI is InChI=1S/C12H11OS/c1-10-4-6-11(7-5-10)13-9-12-3-2-8-14-12/h3-8H,9H2,1H3. The van der Waals surface area contributed by atoms with E-state index in [1.165, 1.54) is 10.4 Å². The van der Waals surface area contributed by atoms with Crippen LogP contribution in [-0.4, -0.2) is 0 Å². The second kappa shape index (κ2) is 4.29. The molecule has 1 aromatic heterocycles. The number of hydrogen-bond donors (Lipinski definition) is 0. The van der Waals surface area contributed by atoms with Crippen LogP contribution in [0.4, 0.5) is 0 Å². The van der Waals surface area contributed by atoms with Gasteiger partial charge in [0.25, 0.3) is 0 Å². The van der Waals surface area contributed by atoms with E-state index >= 15 is 0 Å². The van der Waals surface area contributed by atoms with E-state index in [9.17, 15) is 0 Å². The van der Waals surface area contributed by atoms with Crippen molar-refractivity contribution in [3.05, 3.63) is 52.2 Å². The lowest BCUT2D eigenvalue weighted by Crippen LogP contribution is -1.92. The lowest BCUT2D eigenvalue weighted by atomic mass is 10.2. The van der Waals surface area contributed by atoms with Crippen LogP contribution in [0.15, 0.2) is 35.7 Å². The highest BCUT2D eigenvalue weighted by Gasteiger charge is 1.95. The molecule has 71 valence electrons. The lowest BCUT2D eigenvalue weighted by Gasteiger charge is -2.04. The Morgan fingerprint density at radius 2 is 2.07 bits per heavy atom. The molecule has 0 bridgehead atoms. The molecule has 0 aliphatic rings. The Balaban J connectivity index is 1.95. The summed E-state index contributed by atoms with van der Waals surface area (Å²) in [7, 11) is 0. The normalized spacial score (nSPS) is 10.1. The molecule has 2 aromatic rings. The maximum absolute atomic E-state index is 5.60. The van der Waals surface area contributed by atoms with Crippen LogP contribution in [-0.2, 0) is 6.61 Å². The fourth-order valence-corrected chi connectivity index (χ4v) is 1.69. The van der Waals surface area contributed by atoms with Gasteiger partial charge in [-0.3, -0.25) is 0 Å². The van der Waals surface area contributed by atoms with E-state index in [2.05, 4.69) is 25.1 Å². The molecule has 0 aliphatic carbocycles. The summed E-state index contributed by atoms with van der Waals surface area (Å²) < 4.78 is 5.60. The van der Waals surface area contributed by atoms with Gasteiger partial charge in [0.1, 0.15) is 12.4 Å². The van der Waals surface area contributed by atoms with E-state index in [0.717, 1.165) is 5.75 Å². The van der Waals surface area contributed by atoms with Crippen molar-refractivity contribution in [2.45, 2.75) is 13.5 Å². The third-order valence-electron chi connectivity index (χ3n) is 1.92. The summed E-state index contributed by atoms with van der Waals surface area (Å²) in [6.45, 7) is 2.70. The molecule has 0 unspecified atom stereocenters. The molecule has 1 radical (unpaired) electrons. The van der Waals surface area contributed by atoms with Gasteiger partial charge in [-0.25, -0.2) is 0 Å². The van der Waals surface area contributed by atoms with Gasteiger partial charge in [0.15, 0.2) is 0 Å². The smallest absolute Gasteiger partial charge is 0.122 e. The van der Waals surface area contributed by atoms with Gasteiger partial charge in [-0.1, -0.05) is 17.7 Å². The Morgan fingerprint density at radius 1 is 1.29 bits per heavy atom. The number of hydrogen-bond acceptors (Lipinski definition) is 2. The van der Waals surface area contributed by atoms with Gasteiger partial charge < -0.3 is 4.74 Å². The molecule has 1 heterocycles. The molecular weight excluding hydrogens is 192 g/mol. The predicted molar refractivity (Wildman–Crippen MR) is 58.7 cm³/mol. The Labute approximate surface area is 88.0 Å². The third-order valence-corrected chi connectivity index (χ3v) is 2.72. The molecule has 0 saturated carbocycles. The van der Waals surface area contributed by atoms with Gasteiger partial charge in [-0.05, 0) is 36.6 Å². The summed E-state index contributed by atoms with van der Waals surface area (Å²) in [6.07, 6.45) is 0. The van der Waals surface area contributed by atoms with Crippen molar-refractivity contribution in [3.8, 4) is 5.75 Å². The summed E-state index contributed by atoms with van der Waals surface area (Å²) >= 11 is 1.66. The van der Waals surface area contributed by atoms with Gasteiger partial charge in [-0.15, -0.1) is 11.3 Å². The molecule has 1 nitrogen and oxygen atoms in total. The van der Waals surface area contributed by atoms with Crippen LogP contribution in [0.5, 0.6) is 5.75 Å². The van der Waals surface area contributed by atoms with E-state index in [1.54, 1.807) is 11.3 Å². The molecule has 0 aliphatic heterocycles. The molecule has 0 fully saturated rings. The first-order valence-electron chi connectivity index (χ1n) is 4.47. The van der Waals surface area contributed by atoms with Crippen LogP contribution in [0.25, 0.3) is 0 Å². The predicted octanol–water partition coefficient (Wildman–Crippen LogP) is 3.44. The number of thiophene rings is 1. The quantitative estimate of drug-likeness (QED) is 0.742. The maximum atomic E-state index is 5.60. The molecule has 0 N–H and O–H groups in total. The minimum absolute atomic E-state index is 0.636. The number of benzene rings is 1. The molecule has 0 saturated heterocycles. The van der Waals surface area contributed by atoms with Crippen molar-refractivity contribution in [2.24, 2.45) is 0 Å². The molecular formula is C12H11OS. The van der Waals surface area contributed by atoms with Crippen molar-refractivity contribution in [2.75, 3.05) is 0 Å². The van der Waals surface area contributed by atoms with Gasteiger partial charge in [0, 0.05) is 4.88 Å². The van der Waals surface area contributed by atoms with E-state index in [-0.39, 0.29) is 0 Å². The zero-order chi connectivity index (χ0) is 9.80. The van der Waals surface area contributed by atoms with E-state index in [0.29, 0.717) is 6.61 Å². The van der Waals surface area contributed by atoms with Crippen molar-refractivity contribution in [3.63, 3.8) is 0 Å². The second-order valence-corrected chi connectivity index (χ2v) is 4.11. The molecule has 0 atom stereocenters. The minimum atomic E-state index is 0.636. The third kappa shape index (κ3) is 2.36. The SMILES string of the molecule is Cc1ccc(OCc2c[c]cs2)cc1. The van der Waals surface area contributed by atoms with E-state index < -0.39 is 0 Å². The van der Waals surface area contributed by atoms with Crippen LogP contribution < -0.4 is 4.74 Å². The maximum Gasteiger partial charge on any atom is 0.122 e. The van der Waals surface area contributed by atoms with Crippen molar-refractivity contribution >= 4 is 11.3 Å². The average molecular weight is 203 g/mol. The van der Waals surface area contributed by atoms with Gasteiger partial charge in [-0.2, -0.15) is 0 Å². The van der Waals surface area contributed by atoms with Crippen LogP contribution in [0.2, 0.25) is 0 Å². The highest BCUT2D eigenvalue weighted by molar-refractivity contribution is 7.09. The summed E-state index contributed by atoms with van der Waals surface area (Å²) in [4.78, 5) is 1.20. The summed E-state index contributed by atoms with van der Waals surface area (Å²) in [5.74, 6) is 0.920. The molecule has 0 spiro atoms. The van der Waals surface area contributed by atoms with Crippen molar-refractivity contribution in [1.82, 2.24) is 0 Å². The van der Waals surface area contributed by atoms with Crippen molar-refractivity contribution in [1.29, 1.82) is 0 Å². The van der Waals surface area contributed by atoms with Crippen molar-refractivity contribution < 1.29 is 4.74 Å². The van der Waals surface area contributed by atoms with Gasteiger partial charge in [0.05, 0.1) is 0 Å². The van der Waals surface area contributed by atoms with Crippen LogP contribution >= 0.6 is 11.3 Å². The first kappa shape index (κ1) is 9.28. The van der Waals surface area contributed by atoms with Crippen LogP contribution in [0.1, 0.15) is 10.4 Å². The Bertz CT molecular complexity index is 375. The number of aryl methyl sites for hydroxylation is 1. The lowest BCUT2D eigenvalue weighted by molar-refractivity contribution is 0.310. The van der Waals surface area contributed by atoms with Crippen LogP contribution in [0, 0.1) is 13.0 Å². The van der Waals surface area contributed by atoms with Gasteiger partial charge in [0.2, 0.25) is 0 Å². The summed E-state index contributed by atoms with van der Waals surface area (Å²) in [6, 6.07) is 13.1. The zero-order valence-corrected chi connectivity index (χ0v) is 8.80. The number of rotatable bonds is 3. The topological polar surface area (TPSA) is 9.23 Å². The molecule has 14 heavy (non-hydrogen) atoms.